The first kappa shape index (κ1) is 9.66. The van der Waals surface area contributed by atoms with Crippen LogP contribution in [0.25, 0.3) is 0 Å². The van der Waals surface area contributed by atoms with Gasteiger partial charge in [-0.3, -0.25) is 4.98 Å². The fourth-order valence-electron chi connectivity index (χ4n) is 1.73. The van der Waals surface area contributed by atoms with Crippen molar-refractivity contribution in [2.24, 2.45) is 11.7 Å². The third-order valence-electron chi connectivity index (χ3n) is 2.90. The van der Waals surface area contributed by atoms with Gasteiger partial charge in [-0.2, -0.15) is 0 Å². The topological polar surface area (TPSA) is 38.9 Å². The lowest BCUT2D eigenvalue weighted by Crippen LogP contribution is -2.12. The van der Waals surface area contributed by atoms with Crippen molar-refractivity contribution in [2.75, 3.05) is 0 Å². The maximum absolute atomic E-state index is 6.08. The third kappa shape index (κ3) is 2.55. The van der Waals surface area contributed by atoms with Crippen LogP contribution in [0.5, 0.6) is 0 Å². The average molecular weight is 190 g/mol. The van der Waals surface area contributed by atoms with E-state index in [0.717, 1.165) is 18.0 Å². The number of aromatic nitrogens is 1. The fourth-order valence-corrected chi connectivity index (χ4v) is 1.73. The minimum absolute atomic E-state index is 0.135. The molecule has 0 aliphatic heterocycles. The summed E-state index contributed by atoms with van der Waals surface area (Å²) in [6.45, 7) is 2.08. The van der Waals surface area contributed by atoms with Crippen molar-refractivity contribution in [2.45, 2.75) is 38.6 Å². The smallest absolute Gasteiger partial charge is 0.0573 e. The van der Waals surface area contributed by atoms with Crippen LogP contribution in [0.2, 0.25) is 0 Å². The lowest BCUT2D eigenvalue weighted by atomic mass is 10.1. The number of rotatable bonds is 4. The maximum atomic E-state index is 6.08. The van der Waals surface area contributed by atoms with Gasteiger partial charge in [-0.1, -0.05) is 12.8 Å². The molecule has 0 saturated heterocycles. The Morgan fingerprint density at radius 2 is 2.36 bits per heavy atom. The van der Waals surface area contributed by atoms with Gasteiger partial charge in [-0.05, 0) is 43.4 Å². The first-order chi connectivity index (χ1) is 6.75. The first-order valence-electron chi connectivity index (χ1n) is 5.44. The molecule has 1 heterocycles. The summed E-state index contributed by atoms with van der Waals surface area (Å²) in [6, 6.07) is 4.24. The molecule has 1 unspecified atom stereocenters. The van der Waals surface area contributed by atoms with Gasteiger partial charge in [0.05, 0.1) is 5.69 Å². The summed E-state index contributed by atoms with van der Waals surface area (Å²) in [5.74, 6) is 0.964. The van der Waals surface area contributed by atoms with Crippen LogP contribution in [-0.2, 0) is 0 Å². The quantitative estimate of drug-likeness (QED) is 0.792. The monoisotopic (exact) mass is 190 g/mol. The maximum Gasteiger partial charge on any atom is 0.0573 e. The highest BCUT2D eigenvalue weighted by molar-refractivity contribution is 5.16. The van der Waals surface area contributed by atoms with Crippen LogP contribution in [0.15, 0.2) is 18.3 Å². The predicted octanol–water partition coefficient (Wildman–Crippen LogP) is 2.58. The molecule has 1 aliphatic rings. The van der Waals surface area contributed by atoms with Crippen LogP contribution in [0.1, 0.15) is 43.0 Å². The van der Waals surface area contributed by atoms with Gasteiger partial charge in [-0.25, -0.2) is 0 Å². The zero-order valence-corrected chi connectivity index (χ0v) is 8.74. The standard InChI is InChI=1S/C12H18N2/c1-9-6-7-14-12(8-9)11(13)5-4-10-2-3-10/h6-8,10-11H,2-5,13H2,1H3. The molecule has 2 heteroatoms. The van der Waals surface area contributed by atoms with E-state index >= 15 is 0 Å². The number of hydrogen-bond donors (Lipinski definition) is 1. The van der Waals surface area contributed by atoms with Gasteiger partial charge in [-0.15, -0.1) is 0 Å². The summed E-state index contributed by atoms with van der Waals surface area (Å²) in [4.78, 5) is 4.31. The highest BCUT2D eigenvalue weighted by Gasteiger charge is 2.22. The Morgan fingerprint density at radius 1 is 1.57 bits per heavy atom. The molecule has 2 N–H and O–H groups in total. The number of pyridine rings is 1. The van der Waals surface area contributed by atoms with E-state index < -0.39 is 0 Å². The van der Waals surface area contributed by atoms with Crippen molar-refractivity contribution in [3.05, 3.63) is 29.6 Å². The highest BCUT2D eigenvalue weighted by Crippen LogP contribution is 2.35. The number of nitrogens with two attached hydrogens (primary N) is 1. The fraction of sp³-hybridized carbons (Fsp3) is 0.583. The Morgan fingerprint density at radius 3 is 3.00 bits per heavy atom. The zero-order valence-electron chi connectivity index (χ0n) is 8.74. The molecule has 0 aromatic carbocycles. The number of nitrogens with zero attached hydrogens (tertiary/aromatic N) is 1. The molecule has 0 bridgehead atoms. The summed E-state index contributed by atoms with van der Waals surface area (Å²) in [5, 5.41) is 0. The predicted molar refractivity (Wildman–Crippen MR) is 57.9 cm³/mol. The van der Waals surface area contributed by atoms with Crippen LogP contribution in [0.3, 0.4) is 0 Å². The lowest BCUT2D eigenvalue weighted by Gasteiger charge is -2.10. The summed E-state index contributed by atoms with van der Waals surface area (Å²) >= 11 is 0. The molecule has 1 aromatic heterocycles. The SMILES string of the molecule is Cc1ccnc(C(N)CCC2CC2)c1. The van der Waals surface area contributed by atoms with Crippen LogP contribution in [0.4, 0.5) is 0 Å². The van der Waals surface area contributed by atoms with Gasteiger partial charge in [0.2, 0.25) is 0 Å². The van der Waals surface area contributed by atoms with Gasteiger partial charge in [0.15, 0.2) is 0 Å². The molecule has 1 fully saturated rings. The van der Waals surface area contributed by atoms with Gasteiger partial charge >= 0.3 is 0 Å². The molecule has 0 spiro atoms. The van der Waals surface area contributed by atoms with E-state index in [1.54, 1.807) is 0 Å². The van der Waals surface area contributed by atoms with E-state index in [-0.39, 0.29) is 6.04 Å². The van der Waals surface area contributed by atoms with E-state index in [9.17, 15) is 0 Å². The summed E-state index contributed by atoms with van der Waals surface area (Å²) < 4.78 is 0. The summed E-state index contributed by atoms with van der Waals surface area (Å²) in [5.41, 5.74) is 8.37. The molecule has 1 atom stereocenters. The molecule has 76 valence electrons. The molecule has 1 aliphatic carbocycles. The molecule has 1 saturated carbocycles. The van der Waals surface area contributed by atoms with Crippen molar-refractivity contribution in [3.8, 4) is 0 Å². The third-order valence-corrected chi connectivity index (χ3v) is 2.90. The molecule has 1 aromatic rings. The lowest BCUT2D eigenvalue weighted by molar-refractivity contribution is 0.564. The van der Waals surface area contributed by atoms with E-state index in [1.807, 2.05) is 12.3 Å². The van der Waals surface area contributed by atoms with Crippen molar-refractivity contribution >= 4 is 0 Å². The molecular formula is C12H18N2. The minimum atomic E-state index is 0.135. The van der Waals surface area contributed by atoms with E-state index in [2.05, 4.69) is 18.0 Å². The second-order valence-corrected chi connectivity index (χ2v) is 4.39. The Hall–Kier alpha value is -0.890. The Balaban J connectivity index is 1.91. The molecule has 2 nitrogen and oxygen atoms in total. The van der Waals surface area contributed by atoms with Crippen LogP contribution < -0.4 is 5.73 Å². The number of aryl methyl sites for hydroxylation is 1. The average Bonchev–Trinajstić information content (AvgIpc) is 2.97. The van der Waals surface area contributed by atoms with Crippen LogP contribution in [0, 0.1) is 12.8 Å². The number of hydrogen-bond acceptors (Lipinski definition) is 2. The normalized spacial score (nSPS) is 18.1. The van der Waals surface area contributed by atoms with Crippen LogP contribution >= 0.6 is 0 Å². The molecule has 2 rings (SSSR count). The first-order valence-corrected chi connectivity index (χ1v) is 5.44. The van der Waals surface area contributed by atoms with E-state index in [0.29, 0.717) is 0 Å². The van der Waals surface area contributed by atoms with Gasteiger partial charge in [0.1, 0.15) is 0 Å². The van der Waals surface area contributed by atoms with Crippen molar-refractivity contribution < 1.29 is 0 Å². The highest BCUT2D eigenvalue weighted by atomic mass is 14.8. The van der Waals surface area contributed by atoms with Gasteiger partial charge in [0, 0.05) is 12.2 Å². The largest absolute Gasteiger partial charge is 0.323 e. The Kier molecular flexibility index (Phi) is 2.82. The van der Waals surface area contributed by atoms with Crippen molar-refractivity contribution in [3.63, 3.8) is 0 Å². The molecule has 14 heavy (non-hydrogen) atoms. The van der Waals surface area contributed by atoms with E-state index in [4.69, 9.17) is 5.73 Å². The van der Waals surface area contributed by atoms with Crippen molar-refractivity contribution in [1.29, 1.82) is 0 Å². The van der Waals surface area contributed by atoms with Crippen LogP contribution in [-0.4, -0.2) is 4.98 Å². The molecule has 0 radical (unpaired) electrons. The van der Waals surface area contributed by atoms with E-state index in [1.165, 1.54) is 24.8 Å². The second-order valence-electron chi connectivity index (χ2n) is 4.39. The van der Waals surface area contributed by atoms with Crippen molar-refractivity contribution in [1.82, 2.24) is 4.98 Å². The Bertz CT molecular complexity index is 305. The summed E-state index contributed by atoms with van der Waals surface area (Å²) in [7, 11) is 0. The van der Waals surface area contributed by atoms with Gasteiger partial charge < -0.3 is 5.73 Å². The molecular weight excluding hydrogens is 172 g/mol. The minimum Gasteiger partial charge on any atom is -0.323 e. The van der Waals surface area contributed by atoms with Gasteiger partial charge in [0.25, 0.3) is 0 Å². The summed E-state index contributed by atoms with van der Waals surface area (Å²) in [6.07, 6.45) is 7.03. The second kappa shape index (κ2) is 4.09. The zero-order chi connectivity index (χ0) is 9.97. The molecule has 0 amide bonds. The Labute approximate surface area is 85.5 Å².